The molecule has 2 unspecified atom stereocenters. The average molecular weight is 467 g/mol. The van der Waals surface area contributed by atoms with E-state index in [1.807, 2.05) is 6.07 Å². The Morgan fingerprint density at radius 2 is 1.97 bits per heavy atom. The van der Waals surface area contributed by atoms with Crippen LogP contribution in [0.1, 0.15) is 40.5 Å². The number of likely N-dealkylation sites (tertiary alicyclic amines) is 1. The number of fused-ring (bicyclic) bond motifs is 2. The van der Waals surface area contributed by atoms with Gasteiger partial charge in [0.25, 0.3) is 0 Å². The molecule has 0 aliphatic carbocycles. The number of nitrogens with zero attached hydrogens (tertiary/aromatic N) is 3. The maximum Gasteiger partial charge on any atom is 0.243 e. The van der Waals surface area contributed by atoms with Crippen molar-refractivity contribution >= 4 is 30.1 Å². The second-order valence-electron chi connectivity index (χ2n) is 9.56. The predicted molar refractivity (Wildman–Crippen MR) is 126 cm³/mol. The Kier molecular flexibility index (Phi) is 5.19. The Morgan fingerprint density at radius 3 is 2.79 bits per heavy atom. The molecule has 172 valence electrons. The van der Waals surface area contributed by atoms with E-state index >= 15 is 0 Å². The minimum absolute atomic E-state index is 0.144. The number of rotatable bonds is 4. The fourth-order valence-corrected chi connectivity index (χ4v) is 6.33. The summed E-state index contributed by atoms with van der Waals surface area (Å²) in [5.41, 5.74) is 5.99. The topological polar surface area (TPSA) is 55.9 Å². The molecule has 2 saturated heterocycles. The Hall–Kier alpha value is -2.42. The number of benzene rings is 2. The number of nitrogens with one attached hydrogen (secondary N) is 1. The Balaban J connectivity index is 1.13. The first-order chi connectivity index (χ1) is 16.0. The fourth-order valence-electron chi connectivity index (χ4n) is 5.85. The van der Waals surface area contributed by atoms with Crippen molar-refractivity contribution in [3.05, 3.63) is 64.5 Å². The minimum atomic E-state index is -0.320. The predicted octanol–water partition coefficient (Wildman–Crippen LogP) is 2.62. The molecule has 0 spiro atoms. The van der Waals surface area contributed by atoms with Crippen molar-refractivity contribution in [1.29, 1.82) is 0 Å². The highest BCUT2D eigenvalue weighted by molar-refractivity contribution is 7.80. The van der Waals surface area contributed by atoms with Crippen molar-refractivity contribution in [3.63, 3.8) is 0 Å². The number of hydrogen-bond donors (Lipinski definition) is 2. The molecule has 2 amide bonds. The molecule has 0 saturated carbocycles. The summed E-state index contributed by atoms with van der Waals surface area (Å²) < 4.78 is 13.5. The van der Waals surface area contributed by atoms with E-state index in [-0.39, 0.29) is 29.0 Å². The van der Waals surface area contributed by atoms with Gasteiger partial charge >= 0.3 is 0 Å². The van der Waals surface area contributed by atoms with Crippen LogP contribution in [0.2, 0.25) is 0 Å². The highest BCUT2D eigenvalue weighted by Gasteiger charge is 2.40. The number of anilines is 1. The van der Waals surface area contributed by atoms with Crippen molar-refractivity contribution < 1.29 is 14.0 Å². The molecule has 0 aromatic heterocycles. The van der Waals surface area contributed by atoms with Gasteiger partial charge in [0.05, 0.1) is 17.5 Å². The molecule has 0 bridgehead atoms. The number of thiol groups is 1. The van der Waals surface area contributed by atoms with Crippen molar-refractivity contribution in [1.82, 2.24) is 15.1 Å². The van der Waals surface area contributed by atoms with E-state index in [1.165, 1.54) is 16.8 Å². The Labute approximate surface area is 198 Å². The van der Waals surface area contributed by atoms with Gasteiger partial charge in [-0.05, 0) is 53.3 Å². The fraction of sp³-hybridized carbons (Fsp3) is 0.440. The van der Waals surface area contributed by atoms with Crippen LogP contribution in [-0.4, -0.2) is 53.3 Å². The molecule has 2 aromatic carbocycles. The third-order valence-electron chi connectivity index (χ3n) is 7.60. The summed E-state index contributed by atoms with van der Waals surface area (Å²) in [6.45, 7) is 4.48. The van der Waals surface area contributed by atoms with Gasteiger partial charge in [-0.15, -0.1) is 0 Å². The third kappa shape index (κ3) is 3.64. The zero-order chi connectivity index (χ0) is 22.7. The van der Waals surface area contributed by atoms with E-state index in [4.69, 9.17) is 12.6 Å². The number of carbonyl (C=O) groups excluding carboxylic acids is 2. The first kappa shape index (κ1) is 21.1. The van der Waals surface area contributed by atoms with Crippen LogP contribution in [0, 0.1) is 5.82 Å². The number of hydrogen-bond acceptors (Lipinski definition) is 6. The van der Waals surface area contributed by atoms with E-state index in [2.05, 4.69) is 38.2 Å². The summed E-state index contributed by atoms with van der Waals surface area (Å²) >= 11 is 4.84. The van der Waals surface area contributed by atoms with Crippen molar-refractivity contribution in [2.24, 2.45) is 0 Å². The standard InChI is InChI=1S/C25H27FN4O2S/c26-17-4-5-21-15(10-17)8-9-29(21)18-12-28(13-18)11-16-2-1-3-19-20(16)14-30(25(19)33)22-6-7-23(31)27-24(22)32/h1-5,10,18,22,25,33H,6-9,11-14H2,(H,27,31,32). The SMILES string of the molecule is O=C1CCC(N2Cc3c(CN4CC(N5CCc6cc(F)ccc65)C4)cccc3C2S)C(=O)N1. The summed E-state index contributed by atoms with van der Waals surface area (Å²) in [5, 5.41) is 2.33. The zero-order valence-electron chi connectivity index (χ0n) is 18.3. The van der Waals surface area contributed by atoms with Crippen LogP contribution in [0.3, 0.4) is 0 Å². The van der Waals surface area contributed by atoms with Gasteiger partial charge in [-0.3, -0.25) is 24.7 Å². The van der Waals surface area contributed by atoms with Gasteiger partial charge in [-0.1, -0.05) is 18.2 Å². The maximum absolute atomic E-state index is 13.5. The third-order valence-corrected chi connectivity index (χ3v) is 8.17. The molecule has 6 rings (SSSR count). The van der Waals surface area contributed by atoms with Gasteiger partial charge in [-0.25, -0.2) is 4.39 Å². The van der Waals surface area contributed by atoms with Gasteiger partial charge in [0.2, 0.25) is 11.8 Å². The van der Waals surface area contributed by atoms with Crippen LogP contribution in [0.25, 0.3) is 0 Å². The van der Waals surface area contributed by atoms with Crippen LogP contribution < -0.4 is 10.2 Å². The molecule has 4 aliphatic heterocycles. The van der Waals surface area contributed by atoms with Crippen LogP contribution in [0.5, 0.6) is 0 Å². The molecule has 2 atom stereocenters. The maximum atomic E-state index is 13.5. The smallest absolute Gasteiger partial charge is 0.243 e. The lowest BCUT2D eigenvalue weighted by atomic mass is 10.00. The molecule has 0 radical (unpaired) electrons. The summed E-state index contributed by atoms with van der Waals surface area (Å²) in [5.74, 6) is -0.559. The van der Waals surface area contributed by atoms with E-state index in [1.54, 1.807) is 12.1 Å². The Bertz CT molecular complexity index is 1140. The zero-order valence-corrected chi connectivity index (χ0v) is 19.2. The van der Waals surface area contributed by atoms with Crippen LogP contribution in [0.15, 0.2) is 36.4 Å². The molecule has 4 aliphatic rings. The normalized spacial score (nSPS) is 25.7. The lowest BCUT2D eigenvalue weighted by Gasteiger charge is -2.45. The minimum Gasteiger partial charge on any atom is -0.365 e. The average Bonchev–Trinajstić information content (AvgIpc) is 3.32. The van der Waals surface area contributed by atoms with Gasteiger partial charge in [0.1, 0.15) is 5.82 Å². The van der Waals surface area contributed by atoms with Crippen LogP contribution in [-0.2, 0) is 29.1 Å². The number of halogens is 1. The molecule has 33 heavy (non-hydrogen) atoms. The van der Waals surface area contributed by atoms with Crippen LogP contribution >= 0.6 is 12.6 Å². The van der Waals surface area contributed by atoms with E-state index in [0.29, 0.717) is 25.4 Å². The first-order valence-electron chi connectivity index (χ1n) is 11.6. The molecule has 2 fully saturated rings. The van der Waals surface area contributed by atoms with Crippen molar-refractivity contribution in [2.75, 3.05) is 24.5 Å². The number of carbonyl (C=O) groups is 2. The van der Waals surface area contributed by atoms with Gasteiger partial charge < -0.3 is 4.90 Å². The largest absolute Gasteiger partial charge is 0.365 e. The van der Waals surface area contributed by atoms with Gasteiger partial charge in [0, 0.05) is 44.8 Å². The molecule has 8 heteroatoms. The van der Waals surface area contributed by atoms with Crippen molar-refractivity contribution in [2.45, 2.75) is 49.8 Å². The molecule has 4 heterocycles. The van der Waals surface area contributed by atoms with Crippen molar-refractivity contribution in [3.8, 4) is 0 Å². The van der Waals surface area contributed by atoms with E-state index in [0.717, 1.165) is 43.7 Å². The summed E-state index contributed by atoms with van der Waals surface area (Å²) in [4.78, 5) is 31.0. The molecule has 6 nitrogen and oxygen atoms in total. The molecular weight excluding hydrogens is 439 g/mol. The highest BCUT2D eigenvalue weighted by atomic mass is 32.1. The lowest BCUT2D eigenvalue weighted by Crippen LogP contribution is -2.58. The quantitative estimate of drug-likeness (QED) is 0.536. The summed E-state index contributed by atoms with van der Waals surface area (Å²) in [6, 6.07) is 11.6. The number of amides is 2. The molecule has 2 aromatic rings. The molecular formula is C25H27FN4O2S. The second-order valence-corrected chi connectivity index (χ2v) is 10.1. The number of piperidine rings is 1. The first-order valence-corrected chi connectivity index (χ1v) is 12.1. The lowest BCUT2D eigenvalue weighted by molar-refractivity contribution is -0.137. The van der Waals surface area contributed by atoms with Gasteiger partial charge in [0.15, 0.2) is 0 Å². The number of imide groups is 1. The Morgan fingerprint density at radius 1 is 1.12 bits per heavy atom. The van der Waals surface area contributed by atoms with Crippen LogP contribution in [0.4, 0.5) is 10.1 Å². The summed E-state index contributed by atoms with van der Waals surface area (Å²) in [7, 11) is 0. The summed E-state index contributed by atoms with van der Waals surface area (Å²) in [6.07, 6.45) is 1.83. The second kappa shape index (κ2) is 8.11. The molecule has 1 N–H and O–H groups in total. The monoisotopic (exact) mass is 466 g/mol. The van der Waals surface area contributed by atoms with Gasteiger partial charge in [-0.2, -0.15) is 12.6 Å². The van der Waals surface area contributed by atoms with E-state index < -0.39 is 0 Å². The van der Waals surface area contributed by atoms with E-state index in [9.17, 15) is 14.0 Å². The highest BCUT2D eigenvalue weighted by Crippen LogP contribution is 2.41.